The number of rotatable bonds is 5. The maximum Gasteiger partial charge on any atom is 0.282 e. The van der Waals surface area contributed by atoms with E-state index >= 15 is 0 Å². The maximum atomic E-state index is 13.7. The van der Waals surface area contributed by atoms with Crippen LogP contribution in [0.25, 0.3) is 16.6 Å². The molecule has 0 radical (unpaired) electrons. The van der Waals surface area contributed by atoms with Gasteiger partial charge in [0.25, 0.3) is 17.4 Å². The Bertz CT molecular complexity index is 2290. The lowest BCUT2D eigenvalue weighted by molar-refractivity contribution is -0.136. The highest BCUT2D eigenvalue weighted by atomic mass is 35.5. The van der Waals surface area contributed by atoms with E-state index < -0.39 is 29.2 Å². The van der Waals surface area contributed by atoms with Gasteiger partial charge in [0.05, 0.1) is 43.8 Å². The number of carbonyl (C=O) groups is 4. The minimum atomic E-state index is -0.977. The zero-order chi connectivity index (χ0) is 36.1. The third-order valence-corrected chi connectivity index (χ3v) is 12.3. The molecule has 3 aromatic carbocycles. The van der Waals surface area contributed by atoms with E-state index in [1.165, 1.54) is 11.1 Å². The minimum absolute atomic E-state index is 0.0940. The summed E-state index contributed by atoms with van der Waals surface area (Å²) >= 11 is 6.45. The number of aromatic nitrogens is 2. The summed E-state index contributed by atoms with van der Waals surface area (Å²) in [5, 5.41) is 3.14. The Balaban J connectivity index is 0.864. The van der Waals surface area contributed by atoms with E-state index in [2.05, 4.69) is 56.7 Å². The van der Waals surface area contributed by atoms with E-state index in [0.717, 1.165) is 79.6 Å². The molecule has 1 aromatic heterocycles. The smallest absolute Gasteiger partial charge is 0.282 e. The van der Waals surface area contributed by atoms with Crippen LogP contribution in [-0.2, 0) is 15.0 Å². The van der Waals surface area contributed by atoms with Crippen molar-refractivity contribution >= 4 is 51.8 Å². The molecule has 0 bridgehead atoms. The highest BCUT2D eigenvalue weighted by molar-refractivity contribution is 6.35. The lowest BCUT2D eigenvalue weighted by atomic mass is 9.81. The molecule has 6 heterocycles. The Kier molecular flexibility index (Phi) is 7.68. The first-order valence-corrected chi connectivity index (χ1v) is 18.6. The van der Waals surface area contributed by atoms with Crippen molar-refractivity contribution in [2.45, 2.75) is 63.3 Å². The molecule has 12 heteroatoms. The second-order valence-electron chi connectivity index (χ2n) is 15.4. The number of anilines is 1. The largest absolute Gasteiger partial charge is 0.371 e. The molecule has 4 amide bonds. The van der Waals surface area contributed by atoms with Gasteiger partial charge >= 0.3 is 0 Å². The second kappa shape index (κ2) is 12.1. The predicted molar refractivity (Wildman–Crippen MR) is 196 cm³/mol. The molecule has 3 saturated heterocycles. The van der Waals surface area contributed by atoms with E-state index in [1.807, 2.05) is 18.2 Å². The monoisotopic (exact) mass is 718 g/mol. The van der Waals surface area contributed by atoms with Crippen molar-refractivity contribution in [3.63, 3.8) is 0 Å². The maximum absolute atomic E-state index is 13.7. The fourth-order valence-electron chi connectivity index (χ4n) is 9.29. The van der Waals surface area contributed by atoms with E-state index in [0.29, 0.717) is 33.4 Å². The number of hydrogen-bond donors (Lipinski definition) is 1. The summed E-state index contributed by atoms with van der Waals surface area (Å²) in [7, 11) is 0. The predicted octanol–water partition coefficient (Wildman–Crippen LogP) is 4.79. The topological polar surface area (TPSA) is 125 Å². The van der Waals surface area contributed by atoms with Crippen LogP contribution in [0.4, 0.5) is 5.69 Å². The Morgan fingerprint density at radius 2 is 1.67 bits per heavy atom. The fourth-order valence-corrected chi connectivity index (χ4v) is 9.54. The first-order valence-electron chi connectivity index (χ1n) is 18.2. The number of nitrogens with zero attached hydrogens (tertiary/aromatic N) is 5. The molecule has 52 heavy (non-hydrogen) atoms. The Morgan fingerprint density at radius 3 is 2.46 bits per heavy atom. The van der Waals surface area contributed by atoms with Crippen LogP contribution in [0.2, 0.25) is 5.02 Å². The van der Waals surface area contributed by atoms with E-state index in [9.17, 15) is 24.0 Å². The quantitative estimate of drug-likeness (QED) is 0.293. The lowest BCUT2D eigenvalue weighted by Gasteiger charge is -2.34. The van der Waals surface area contributed by atoms with E-state index in [1.54, 1.807) is 18.2 Å². The number of carbonyl (C=O) groups excluding carboxylic acids is 4. The fraction of sp³-hybridized carbons (Fsp3) is 0.400. The van der Waals surface area contributed by atoms with Gasteiger partial charge in [-0.15, -0.1) is 0 Å². The molecular weight excluding hydrogens is 680 g/mol. The molecule has 1 N–H and O–H groups in total. The number of fused-ring (bicyclic) bond motifs is 6. The first-order chi connectivity index (χ1) is 25.0. The van der Waals surface area contributed by atoms with Crippen LogP contribution in [0.1, 0.15) is 89.5 Å². The zero-order valence-electron chi connectivity index (χ0n) is 29.2. The Hall–Kier alpha value is -4.87. The van der Waals surface area contributed by atoms with Crippen LogP contribution in [-0.4, -0.2) is 81.7 Å². The molecule has 9 rings (SSSR count). The molecule has 5 aliphatic rings. The van der Waals surface area contributed by atoms with E-state index in [4.69, 9.17) is 11.6 Å². The number of hydrogen-bond acceptors (Lipinski definition) is 8. The molecule has 266 valence electrons. The minimum Gasteiger partial charge on any atom is -0.371 e. The van der Waals surface area contributed by atoms with E-state index in [-0.39, 0.29) is 24.3 Å². The van der Waals surface area contributed by atoms with Gasteiger partial charge in [-0.1, -0.05) is 35.9 Å². The van der Waals surface area contributed by atoms with Crippen molar-refractivity contribution in [3.8, 4) is 5.69 Å². The van der Waals surface area contributed by atoms with Crippen molar-refractivity contribution in [2.24, 2.45) is 5.92 Å². The van der Waals surface area contributed by atoms with Crippen LogP contribution < -0.4 is 15.8 Å². The van der Waals surface area contributed by atoms with Gasteiger partial charge in [-0.05, 0) is 106 Å². The van der Waals surface area contributed by atoms with Gasteiger partial charge in [0.1, 0.15) is 11.9 Å². The molecule has 0 aliphatic carbocycles. The standard InChI is InChI=1S/C40H39ClN6O5/c1-40(2)26-19-24(9-10-28(26)46-30-8-4-6-27(41)34(30)36(50)43-39(40)46)23-14-16-44(17-15-23)20-22-13-18-45(21-22)29-7-3-5-25-33(29)38(52)47(37(25)51)31-11-12-32(48)42-35(31)49/h3-10,19,22-23,31H,11-18,20-21H2,1-2H3,(H,42,48,49)/t22-,31?/m1/s1. The molecule has 0 spiro atoms. The van der Waals surface area contributed by atoms with Crippen LogP contribution in [0.3, 0.4) is 0 Å². The van der Waals surface area contributed by atoms with Gasteiger partial charge in [0.2, 0.25) is 11.8 Å². The first kappa shape index (κ1) is 33.0. The van der Waals surface area contributed by atoms with Crippen molar-refractivity contribution in [3.05, 3.63) is 98.1 Å². The molecular formula is C40H39ClN6O5. The van der Waals surface area contributed by atoms with Gasteiger partial charge in [-0.2, -0.15) is 4.98 Å². The summed E-state index contributed by atoms with van der Waals surface area (Å²) in [6.07, 6.45) is 3.32. The number of imide groups is 2. The number of nitrogens with one attached hydrogen (secondary N) is 1. The number of piperidine rings is 2. The molecule has 5 aliphatic heterocycles. The lowest BCUT2D eigenvalue weighted by Crippen LogP contribution is -2.54. The van der Waals surface area contributed by atoms with Crippen molar-refractivity contribution in [1.82, 2.24) is 24.7 Å². The highest BCUT2D eigenvalue weighted by Crippen LogP contribution is 2.45. The highest BCUT2D eigenvalue weighted by Gasteiger charge is 2.46. The summed E-state index contributed by atoms with van der Waals surface area (Å²) < 4.78 is 2.10. The van der Waals surface area contributed by atoms with Gasteiger partial charge in [-0.3, -0.25) is 38.8 Å². The molecule has 0 saturated carbocycles. The SMILES string of the molecule is CC1(C)c2cc(C3CCN(C[C@H]4CCN(c5cccc6c5C(=O)N(C5CCC(=O)NC5=O)C6=O)C4)CC3)ccc2-n2c1nc(=O)c1c(Cl)cccc12. The van der Waals surface area contributed by atoms with Crippen LogP contribution in [0, 0.1) is 5.92 Å². The summed E-state index contributed by atoms with van der Waals surface area (Å²) in [6, 6.07) is 16.7. The van der Waals surface area contributed by atoms with Gasteiger partial charge in [0, 0.05) is 26.1 Å². The average Bonchev–Trinajstić information content (AvgIpc) is 3.76. The normalized spacial score (nSPS) is 23.0. The number of halogens is 1. The zero-order valence-corrected chi connectivity index (χ0v) is 29.9. The Morgan fingerprint density at radius 1 is 0.885 bits per heavy atom. The summed E-state index contributed by atoms with van der Waals surface area (Å²) in [5.41, 5.74) is 5.01. The van der Waals surface area contributed by atoms with Gasteiger partial charge in [-0.25, -0.2) is 0 Å². The molecule has 4 aromatic rings. The summed E-state index contributed by atoms with van der Waals surface area (Å²) in [6.45, 7) is 8.80. The molecule has 11 nitrogen and oxygen atoms in total. The summed E-state index contributed by atoms with van der Waals surface area (Å²) in [4.78, 5) is 74.7. The molecule has 3 fully saturated rings. The number of amides is 4. The van der Waals surface area contributed by atoms with Crippen molar-refractivity contribution in [1.29, 1.82) is 0 Å². The van der Waals surface area contributed by atoms with Crippen molar-refractivity contribution in [2.75, 3.05) is 37.6 Å². The van der Waals surface area contributed by atoms with Crippen LogP contribution >= 0.6 is 11.6 Å². The number of benzene rings is 3. The van der Waals surface area contributed by atoms with Crippen LogP contribution in [0.15, 0.2) is 59.4 Å². The third-order valence-electron chi connectivity index (χ3n) is 12.0. The number of likely N-dealkylation sites (tertiary alicyclic amines) is 1. The molecule has 1 unspecified atom stereocenters. The van der Waals surface area contributed by atoms with Crippen molar-refractivity contribution < 1.29 is 19.2 Å². The summed E-state index contributed by atoms with van der Waals surface area (Å²) in [5.74, 6) is -0.330. The van der Waals surface area contributed by atoms with Crippen LogP contribution in [0.5, 0.6) is 0 Å². The average molecular weight is 719 g/mol. The van der Waals surface area contributed by atoms with Gasteiger partial charge < -0.3 is 9.80 Å². The molecule has 2 atom stereocenters. The third kappa shape index (κ3) is 5.03. The van der Waals surface area contributed by atoms with Gasteiger partial charge in [0.15, 0.2) is 0 Å². The second-order valence-corrected chi connectivity index (χ2v) is 15.8. The Labute approximate surface area is 305 Å².